The van der Waals surface area contributed by atoms with E-state index in [2.05, 4.69) is 23.9 Å². The monoisotopic (exact) mass is 311 g/mol. The van der Waals surface area contributed by atoms with Crippen LogP contribution in [0.15, 0.2) is 23.4 Å². The Morgan fingerprint density at radius 3 is 2.90 bits per heavy atom. The Bertz CT molecular complexity index is 534. The molecule has 0 atom stereocenters. The maximum Gasteiger partial charge on any atom is 0.170 e. The third-order valence-corrected chi connectivity index (χ3v) is 5.15. The van der Waals surface area contributed by atoms with Gasteiger partial charge >= 0.3 is 0 Å². The number of rotatable bonds is 3. The molecule has 0 amide bonds. The molecule has 2 rings (SSSR count). The van der Waals surface area contributed by atoms with E-state index in [-0.39, 0.29) is 11.7 Å². The Labute approximate surface area is 129 Å². The van der Waals surface area contributed by atoms with Crippen LogP contribution >= 0.6 is 11.8 Å². The SMILES string of the molecule is CC1(C)CCN(Cc2ccc(/C(N)=N/O)cc2F)CCS1. The van der Waals surface area contributed by atoms with Gasteiger partial charge in [0.1, 0.15) is 5.82 Å². The molecule has 4 nitrogen and oxygen atoms in total. The van der Waals surface area contributed by atoms with Gasteiger partial charge in [-0.2, -0.15) is 11.8 Å². The van der Waals surface area contributed by atoms with Crippen LogP contribution in [0, 0.1) is 5.82 Å². The highest BCUT2D eigenvalue weighted by atomic mass is 32.2. The molecule has 1 aromatic carbocycles. The Hall–Kier alpha value is -1.27. The van der Waals surface area contributed by atoms with Crippen LogP contribution in [-0.2, 0) is 6.54 Å². The number of amidine groups is 1. The first-order valence-corrected chi connectivity index (χ1v) is 8.02. The molecule has 21 heavy (non-hydrogen) atoms. The van der Waals surface area contributed by atoms with Crippen LogP contribution in [0.5, 0.6) is 0 Å². The van der Waals surface area contributed by atoms with Gasteiger partial charge in [0.05, 0.1) is 0 Å². The van der Waals surface area contributed by atoms with Crippen molar-refractivity contribution < 1.29 is 9.60 Å². The summed E-state index contributed by atoms with van der Waals surface area (Å²) in [6, 6.07) is 4.72. The number of halogens is 1. The summed E-state index contributed by atoms with van der Waals surface area (Å²) in [7, 11) is 0. The van der Waals surface area contributed by atoms with Crippen molar-refractivity contribution in [3.8, 4) is 0 Å². The molecule has 0 radical (unpaired) electrons. The van der Waals surface area contributed by atoms with Gasteiger partial charge in [-0.25, -0.2) is 4.39 Å². The average Bonchev–Trinajstić information content (AvgIpc) is 2.61. The molecule has 116 valence electrons. The third kappa shape index (κ3) is 4.35. The van der Waals surface area contributed by atoms with Crippen molar-refractivity contribution in [2.45, 2.75) is 31.6 Å². The molecule has 0 bridgehead atoms. The summed E-state index contributed by atoms with van der Waals surface area (Å²) in [5.41, 5.74) is 6.51. The van der Waals surface area contributed by atoms with Crippen LogP contribution in [0.4, 0.5) is 4.39 Å². The lowest BCUT2D eigenvalue weighted by atomic mass is 10.1. The molecule has 0 aliphatic carbocycles. The second-order valence-corrected chi connectivity index (χ2v) is 7.73. The zero-order valence-electron chi connectivity index (χ0n) is 12.5. The van der Waals surface area contributed by atoms with Gasteiger partial charge in [-0.1, -0.05) is 31.1 Å². The summed E-state index contributed by atoms with van der Waals surface area (Å²) < 4.78 is 14.4. The molecule has 6 heteroatoms. The maximum absolute atomic E-state index is 14.1. The third-order valence-electron chi connectivity index (χ3n) is 3.78. The molecular weight excluding hydrogens is 289 g/mol. The van der Waals surface area contributed by atoms with E-state index in [0.717, 1.165) is 25.3 Å². The topological polar surface area (TPSA) is 61.8 Å². The molecular formula is C15H22FN3OS. The number of benzene rings is 1. The van der Waals surface area contributed by atoms with Gasteiger partial charge in [-0.3, -0.25) is 4.90 Å². The summed E-state index contributed by atoms with van der Waals surface area (Å²) in [6.07, 6.45) is 1.10. The van der Waals surface area contributed by atoms with Crippen LogP contribution in [0.1, 0.15) is 31.4 Å². The van der Waals surface area contributed by atoms with Gasteiger partial charge in [-0.05, 0) is 19.0 Å². The summed E-state index contributed by atoms with van der Waals surface area (Å²) in [6.45, 7) is 7.05. The molecule has 0 aromatic heterocycles. The number of hydrogen-bond donors (Lipinski definition) is 2. The van der Waals surface area contributed by atoms with Crippen LogP contribution < -0.4 is 5.73 Å². The first kappa shape index (κ1) is 16.1. The van der Waals surface area contributed by atoms with Crippen molar-refractivity contribution in [3.05, 3.63) is 35.1 Å². The van der Waals surface area contributed by atoms with E-state index in [1.165, 1.54) is 6.07 Å². The second-order valence-electron chi connectivity index (χ2n) is 5.93. The van der Waals surface area contributed by atoms with E-state index in [4.69, 9.17) is 10.9 Å². The first-order valence-electron chi connectivity index (χ1n) is 7.04. The molecule has 0 saturated carbocycles. The minimum absolute atomic E-state index is 0.0756. The van der Waals surface area contributed by atoms with Crippen molar-refractivity contribution in [1.82, 2.24) is 4.90 Å². The Morgan fingerprint density at radius 2 is 2.24 bits per heavy atom. The standard InChI is InChI=1S/C15H22FN3OS/c1-15(2)5-6-19(7-8-21-15)10-12-4-3-11(9-13(12)16)14(17)18-20/h3-4,9,20H,5-8,10H2,1-2H3,(H2,17,18). The second kappa shape index (κ2) is 6.66. The fourth-order valence-electron chi connectivity index (χ4n) is 2.35. The van der Waals surface area contributed by atoms with E-state index in [1.54, 1.807) is 12.1 Å². The zero-order chi connectivity index (χ0) is 15.5. The number of nitrogens with zero attached hydrogens (tertiary/aromatic N) is 2. The highest BCUT2D eigenvalue weighted by Gasteiger charge is 2.24. The van der Waals surface area contributed by atoms with E-state index in [9.17, 15) is 4.39 Å². The molecule has 3 N–H and O–H groups in total. The van der Waals surface area contributed by atoms with Crippen LogP contribution in [0.25, 0.3) is 0 Å². The van der Waals surface area contributed by atoms with Crippen LogP contribution in [-0.4, -0.2) is 39.5 Å². The summed E-state index contributed by atoms with van der Waals surface area (Å²) in [5.74, 6) is 0.681. The van der Waals surface area contributed by atoms with Gasteiger partial charge in [-0.15, -0.1) is 0 Å². The molecule has 1 aromatic rings. The highest BCUT2D eigenvalue weighted by Crippen LogP contribution is 2.31. The first-order chi connectivity index (χ1) is 9.91. The zero-order valence-corrected chi connectivity index (χ0v) is 13.3. The van der Waals surface area contributed by atoms with E-state index < -0.39 is 0 Å². The van der Waals surface area contributed by atoms with Gasteiger partial charge in [0.2, 0.25) is 0 Å². The lowest BCUT2D eigenvalue weighted by Gasteiger charge is -2.22. The number of hydrogen-bond acceptors (Lipinski definition) is 4. The number of oxime groups is 1. The fourth-order valence-corrected chi connectivity index (χ4v) is 3.49. The predicted molar refractivity (Wildman–Crippen MR) is 85.3 cm³/mol. The van der Waals surface area contributed by atoms with Crippen LogP contribution in [0.2, 0.25) is 0 Å². The van der Waals surface area contributed by atoms with Gasteiger partial charge in [0.15, 0.2) is 5.84 Å². The molecule has 1 saturated heterocycles. The van der Waals surface area contributed by atoms with E-state index in [0.29, 0.717) is 22.4 Å². The Morgan fingerprint density at radius 1 is 1.48 bits per heavy atom. The van der Waals surface area contributed by atoms with Crippen LogP contribution in [0.3, 0.4) is 0 Å². The molecule has 0 unspecified atom stereocenters. The van der Waals surface area contributed by atoms with Crippen molar-refractivity contribution in [3.63, 3.8) is 0 Å². The maximum atomic E-state index is 14.1. The van der Waals surface area contributed by atoms with Gasteiger partial charge in [0, 0.05) is 34.7 Å². The predicted octanol–water partition coefficient (Wildman–Crippen LogP) is 2.64. The molecule has 1 aliphatic rings. The number of thioether (sulfide) groups is 1. The van der Waals surface area contributed by atoms with Crippen molar-refractivity contribution >= 4 is 17.6 Å². The quantitative estimate of drug-likeness (QED) is 0.390. The largest absolute Gasteiger partial charge is 0.409 e. The highest BCUT2D eigenvalue weighted by molar-refractivity contribution is 8.00. The summed E-state index contributed by atoms with van der Waals surface area (Å²) in [4.78, 5) is 2.28. The Kier molecular flexibility index (Phi) is 5.11. The lowest BCUT2D eigenvalue weighted by Crippen LogP contribution is -2.27. The van der Waals surface area contributed by atoms with Gasteiger partial charge < -0.3 is 10.9 Å². The lowest BCUT2D eigenvalue weighted by molar-refractivity contribution is 0.272. The van der Waals surface area contributed by atoms with E-state index >= 15 is 0 Å². The minimum Gasteiger partial charge on any atom is -0.409 e. The van der Waals surface area contributed by atoms with Gasteiger partial charge in [0.25, 0.3) is 0 Å². The Balaban J connectivity index is 2.06. The summed E-state index contributed by atoms with van der Waals surface area (Å²) in [5, 5.41) is 11.5. The fraction of sp³-hybridized carbons (Fsp3) is 0.533. The number of nitrogens with two attached hydrogens (primary N) is 1. The average molecular weight is 311 g/mol. The minimum atomic E-state index is -0.310. The molecule has 1 aliphatic heterocycles. The van der Waals surface area contributed by atoms with E-state index in [1.807, 2.05) is 11.8 Å². The molecule has 0 spiro atoms. The van der Waals surface area contributed by atoms with Crippen molar-refractivity contribution in [2.75, 3.05) is 18.8 Å². The van der Waals surface area contributed by atoms with Crippen molar-refractivity contribution in [1.29, 1.82) is 0 Å². The molecule has 1 fully saturated rings. The smallest absolute Gasteiger partial charge is 0.170 e. The normalized spacial score (nSPS) is 20.2. The molecule has 1 heterocycles. The van der Waals surface area contributed by atoms with Crippen molar-refractivity contribution in [2.24, 2.45) is 10.9 Å². The summed E-state index contributed by atoms with van der Waals surface area (Å²) >= 11 is 1.97.